The Morgan fingerprint density at radius 1 is 1.20 bits per heavy atom. The summed E-state index contributed by atoms with van der Waals surface area (Å²) >= 11 is 0. The number of aryl methyl sites for hydroxylation is 1. The van der Waals surface area contributed by atoms with E-state index in [0.29, 0.717) is 0 Å². The van der Waals surface area contributed by atoms with Gasteiger partial charge in [-0.05, 0) is 31.2 Å². The molecular formula is C12H15N3. The first-order chi connectivity index (χ1) is 7.34. The molecule has 0 saturated heterocycles. The van der Waals surface area contributed by atoms with Gasteiger partial charge < -0.3 is 10.3 Å². The summed E-state index contributed by atoms with van der Waals surface area (Å²) in [6, 6.07) is 10.1. The number of aromatic amines is 1. The summed E-state index contributed by atoms with van der Waals surface area (Å²) in [5, 5.41) is 3.34. The summed E-state index contributed by atoms with van der Waals surface area (Å²) in [4.78, 5) is 7.57. The third kappa shape index (κ3) is 2.92. The van der Waals surface area contributed by atoms with Gasteiger partial charge >= 0.3 is 0 Å². The van der Waals surface area contributed by atoms with Crippen LogP contribution >= 0.6 is 0 Å². The van der Waals surface area contributed by atoms with Gasteiger partial charge in [-0.3, -0.25) is 4.98 Å². The zero-order chi connectivity index (χ0) is 10.5. The number of hydrogen-bond donors (Lipinski definition) is 2. The summed E-state index contributed by atoms with van der Waals surface area (Å²) in [6.45, 7) is 3.66. The third-order valence-electron chi connectivity index (χ3n) is 2.23. The second-order valence-corrected chi connectivity index (χ2v) is 3.57. The molecule has 0 aliphatic carbocycles. The standard InChI is InChI=1S/C12H15N3/c1-10-4-2-5-12(15-10)9-13-8-11-6-3-7-14-11/h2-7,13-14H,8-9H2,1H3. The van der Waals surface area contributed by atoms with Crippen LogP contribution in [0.2, 0.25) is 0 Å². The van der Waals surface area contributed by atoms with Crippen LogP contribution < -0.4 is 5.32 Å². The average Bonchev–Trinajstić information content (AvgIpc) is 2.71. The summed E-state index contributed by atoms with van der Waals surface area (Å²) in [5.74, 6) is 0. The summed E-state index contributed by atoms with van der Waals surface area (Å²) in [6.07, 6.45) is 1.93. The van der Waals surface area contributed by atoms with Crippen LogP contribution in [0, 0.1) is 6.92 Å². The molecular weight excluding hydrogens is 186 g/mol. The van der Waals surface area contributed by atoms with Gasteiger partial charge in [0.2, 0.25) is 0 Å². The lowest BCUT2D eigenvalue weighted by molar-refractivity contribution is 0.668. The molecule has 0 atom stereocenters. The Balaban J connectivity index is 1.83. The second kappa shape index (κ2) is 4.75. The molecule has 0 saturated carbocycles. The van der Waals surface area contributed by atoms with Crippen LogP contribution in [0.3, 0.4) is 0 Å². The van der Waals surface area contributed by atoms with Crippen LogP contribution in [0.15, 0.2) is 36.5 Å². The number of hydrogen-bond acceptors (Lipinski definition) is 2. The number of nitrogens with one attached hydrogen (secondary N) is 2. The quantitative estimate of drug-likeness (QED) is 0.794. The van der Waals surface area contributed by atoms with E-state index >= 15 is 0 Å². The molecule has 2 N–H and O–H groups in total. The highest BCUT2D eigenvalue weighted by molar-refractivity contribution is 5.10. The minimum atomic E-state index is 0.806. The molecule has 0 aliphatic rings. The van der Waals surface area contributed by atoms with Gasteiger partial charge in [-0.1, -0.05) is 6.07 Å². The molecule has 78 valence electrons. The van der Waals surface area contributed by atoms with Crippen molar-refractivity contribution >= 4 is 0 Å². The lowest BCUT2D eigenvalue weighted by Crippen LogP contribution is -2.13. The predicted molar refractivity (Wildman–Crippen MR) is 60.3 cm³/mol. The van der Waals surface area contributed by atoms with E-state index in [1.807, 2.05) is 37.4 Å². The molecule has 2 rings (SSSR count). The number of nitrogens with zero attached hydrogens (tertiary/aromatic N) is 1. The third-order valence-corrected chi connectivity index (χ3v) is 2.23. The summed E-state index contributed by atoms with van der Waals surface area (Å²) < 4.78 is 0. The first-order valence-corrected chi connectivity index (χ1v) is 5.10. The Morgan fingerprint density at radius 2 is 2.13 bits per heavy atom. The van der Waals surface area contributed by atoms with E-state index in [2.05, 4.69) is 21.4 Å². The van der Waals surface area contributed by atoms with Crippen molar-refractivity contribution in [3.63, 3.8) is 0 Å². The van der Waals surface area contributed by atoms with Crippen LogP contribution in [0.4, 0.5) is 0 Å². The van der Waals surface area contributed by atoms with E-state index in [1.165, 1.54) is 5.69 Å². The fourth-order valence-corrected chi connectivity index (χ4v) is 1.50. The fourth-order valence-electron chi connectivity index (χ4n) is 1.50. The number of pyridine rings is 1. The van der Waals surface area contributed by atoms with Crippen molar-refractivity contribution in [3.05, 3.63) is 53.6 Å². The van der Waals surface area contributed by atoms with Gasteiger partial charge in [-0.15, -0.1) is 0 Å². The fraction of sp³-hybridized carbons (Fsp3) is 0.250. The average molecular weight is 201 g/mol. The molecule has 3 nitrogen and oxygen atoms in total. The van der Waals surface area contributed by atoms with Crippen LogP contribution in [0.1, 0.15) is 17.1 Å². The normalized spacial score (nSPS) is 10.5. The molecule has 0 radical (unpaired) electrons. The van der Waals surface area contributed by atoms with Crippen LogP contribution in [-0.2, 0) is 13.1 Å². The lowest BCUT2D eigenvalue weighted by atomic mass is 10.3. The highest BCUT2D eigenvalue weighted by Gasteiger charge is 1.95. The van der Waals surface area contributed by atoms with Gasteiger partial charge in [-0.25, -0.2) is 0 Å². The molecule has 2 aromatic heterocycles. The van der Waals surface area contributed by atoms with E-state index in [9.17, 15) is 0 Å². The molecule has 0 spiro atoms. The van der Waals surface area contributed by atoms with Gasteiger partial charge in [0.05, 0.1) is 5.69 Å². The van der Waals surface area contributed by atoms with Gasteiger partial charge in [0.15, 0.2) is 0 Å². The Bertz CT molecular complexity index is 407. The molecule has 0 fully saturated rings. The predicted octanol–water partition coefficient (Wildman–Crippen LogP) is 2.01. The molecule has 0 bridgehead atoms. The van der Waals surface area contributed by atoms with Gasteiger partial charge in [0.25, 0.3) is 0 Å². The number of H-pyrrole nitrogens is 1. The van der Waals surface area contributed by atoms with Crippen molar-refractivity contribution in [2.45, 2.75) is 20.0 Å². The first-order valence-electron chi connectivity index (χ1n) is 5.10. The molecule has 0 unspecified atom stereocenters. The maximum atomic E-state index is 4.42. The van der Waals surface area contributed by atoms with Crippen molar-refractivity contribution < 1.29 is 0 Å². The van der Waals surface area contributed by atoms with E-state index < -0.39 is 0 Å². The Kier molecular flexibility index (Phi) is 3.15. The highest BCUT2D eigenvalue weighted by Crippen LogP contribution is 1.98. The van der Waals surface area contributed by atoms with Crippen molar-refractivity contribution in [1.82, 2.24) is 15.3 Å². The zero-order valence-electron chi connectivity index (χ0n) is 8.83. The lowest BCUT2D eigenvalue weighted by Gasteiger charge is -2.03. The minimum Gasteiger partial charge on any atom is -0.364 e. The van der Waals surface area contributed by atoms with Gasteiger partial charge in [0, 0.05) is 30.7 Å². The monoisotopic (exact) mass is 201 g/mol. The van der Waals surface area contributed by atoms with Crippen molar-refractivity contribution in [3.8, 4) is 0 Å². The van der Waals surface area contributed by atoms with Crippen LogP contribution in [0.5, 0.6) is 0 Å². The summed E-state index contributed by atoms with van der Waals surface area (Å²) in [5.41, 5.74) is 3.35. The van der Waals surface area contributed by atoms with Crippen molar-refractivity contribution in [2.24, 2.45) is 0 Å². The molecule has 15 heavy (non-hydrogen) atoms. The van der Waals surface area contributed by atoms with E-state index in [0.717, 1.165) is 24.5 Å². The maximum absolute atomic E-state index is 4.42. The topological polar surface area (TPSA) is 40.7 Å². The molecule has 2 heterocycles. The maximum Gasteiger partial charge on any atom is 0.0544 e. The molecule has 2 aromatic rings. The van der Waals surface area contributed by atoms with Gasteiger partial charge in [0.1, 0.15) is 0 Å². The van der Waals surface area contributed by atoms with E-state index in [1.54, 1.807) is 0 Å². The first kappa shape index (κ1) is 9.93. The molecule has 0 aliphatic heterocycles. The Labute approximate surface area is 89.6 Å². The van der Waals surface area contributed by atoms with Crippen LogP contribution in [0.25, 0.3) is 0 Å². The Hall–Kier alpha value is -1.61. The minimum absolute atomic E-state index is 0.806. The number of rotatable bonds is 4. The highest BCUT2D eigenvalue weighted by atomic mass is 14.9. The van der Waals surface area contributed by atoms with Crippen molar-refractivity contribution in [1.29, 1.82) is 0 Å². The van der Waals surface area contributed by atoms with Gasteiger partial charge in [-0.2, -0.15) is 0 Å². The molecule has 0 amide bonds. The van der Waals surface area contributed by atoms with Crippen molar-refractivity contribution in [2.75, 3.05) is 0 Å². The smallest absolute Gasteiger partial charge is 0.0544 e. The Morgan fingerprint density at radius 3 is 2.87 bits per heavy atom. The largest absolute Gasteiger partial charge is 0.364 e. The summed E-state index contributed by atoms with van der Waals surface area (Å²) in [7, 11) is 0. The molecule has 0 aromatic carbocycles. The zero-order valence-corrected chi connectivity index (χ0v) is 8.83. The second-order valence-electron chi connectivity index (χ2n) is 3.57. The molecule has 3 heteroatoms. The van der Waals surface area contributed by atoms with Crippen LogP contribution in [-0.4, -0.2) is 9.97 Å². The SMILES string of the molecule is Cc1cccc(CNCc2ccc[nH]2)n1. The van der Waals surface area contributed by atoms with E-state index in [4.69, 9.17) is 0 Å². The number of aromatic nitrogens is 2. The van der Waals surface area contributed by atoms with E-state index in [-0.39, 0.29) is 0 Å².